The Balaban J connectivity index is 3.45. The molecule has 2 heteroatoms. The molecule has 0 rings (SSSR count). The third-order valence-corrected chi connectivity index (χ3v) is 2.90. The summed E-state index contributed by atoms with van der Waals surface area (Å²) >= 11 is 2.00. The second kappa shape index (κ2) is 7.69. The van der Waals surface area contributed by atoms with E-state index in [1.165, 1.54) is 23.5 Å². The highest BCUT2D eigenvalue weighted by Gasteiger charge is 2.04. The van der Waals surface area contributed by atoms with Crippen molar-refractivity contribution in [2.45, 2.75) is 32.7 Å². The van der Waals surface area contributed by atoms with Crippen molar-refractivity contribution in [3.8, 4) is 0 Å². The minimum atomic E-state index is 0.659. The van der Waals surface area contributed by atoms with Gasteiger partial charge in [-0.15, -0.1) is 6.58 Å². The highest BCUT2D eigenvalue weighted by Crippen LogP contribution is 2.09. The van der Waals surface area contributed by atoms with Crippen LogP contribution in [-0.4, -0.2) is 24.6 Å². The summed E-state index contributed by atoms with van der Waals surface area (Å²) in [4.78, 5) is 0. The van der Waals surface area contributed by atoms with Crippen molar-refractivity contribution in [1.29, 1.82) is 0 Å². The van der Waals surface area contributed by atoms with Crippen LogP contribution >= 0.6 is 11.8 Å². The molecule has 12 heavy (non-hydrogen) atoms. The molecule has 0 spiro atoms. The smallest absolute Gasteiger partial charge is 0.0158 e. The van der Waals surface area contributed by atoms with Crippen molar-refractivity contribution >= 4 is 11.8 Å². The zero-order valence-electron chi connectivity index (χ0n) is 8.52. The van der Waals surface area contributed by atoms with Crippen LogP contribution in [0.5, 0.6) is 0 Å². The summed E-state index contributed by atoms with van der Waals surface area (Å²) in [5.41, 5.74) is 1.29. The van der Waals surface area contributed by atoms with E-state index in [0.717, 1.165) is 6.42 Å². The zero-order chi connectivity index (χ0) is 9.40. The van der Waals surface area contributed by atoms with Crippen molar-refractivity contribution in [2.24, 2.45) is 0 Å². The molecular formula is C10H21NS. The first-order valence-electron chi connectivity index (χ1n) is 4.60. The van der Waals surface area contributed by atoms with Gasteiger partial charge in [0.15, 0.2) is 0 Å². The van der Waals surface area contributed by atoms with Crippen LogP contribution in [0.4, 0.5) is 0 Å². The molecule has 0 saturated heterocycles. The highest BCUT2D eigenvalue weighted by atomic mass is 32.2. The Hall–Kier alpha value is 0.0500. The summed E-state index contributed by atoms with van der Waals surface area (Å²) in [6.07, 6.45) is 2.37. The van der Waals surface area contributed by atoms with Gasteiger partial charge in [-0.1, -0.05) is 12.5 Å². The molecule has 1 N–H and O–H groups in total. The van der Waals surface area contributed by atoms with Gasteiger partial charge in [-0.25, -0.2) is 0 Å². The Kier molecular flexibility index (Phi) is 7.72. The van der Waals surface area contributed by atoms with E-state index in [4.69, 9.17) is 0 Å². The van der Waals surface area contributed by atoms with Gasteiger partial charge in [0.05, 0.1) is 0 Å². The summed E-state index contributed by atoms with van der Waals surface area (Å²) in [6, 6.07) is 0.659. The normalized spacial score (nSPS) is 12.9. The fourth-order valence-corrected chi connectivity index (χ4v) is 1.85. The fraction of sp³-hybridized carbons (Fsp3) is 0.800. The lowest BCUT2D eigenvalue weighted by Gasteiger charge is -2.14. The van der Waals surface area contributed by atoms with Crippen LogP contribution in [0.25, 0.3) is 0 Å². The average molecular weight is 187 g/mol. The summed E-state index contributed by atoms with van der Waals surface area (Å²) in [6.45, 7) is 8.21. The lowest BCUT2D eigenvalue weighted by Crippen LogP contribution is -2.27. The van der Waals surface area contributed by atoms with E-state index < -0.39 is 0 Å². The van der Waals surface area contributed by atoms with Gasteiger partial charge in [0, 0.05) is 11.8 Å². The second-order valence-corrected chi connectivity index (χ2v) is 4.46. The predicted molar refractivity (Wildman–Crippen MR) is 59.9 cm³/mol. The Labute approximate surface area is 81.0 Å². The molecule has 0 radical (unpaired) electrons. The van der Waals surface area contributed by atoms with Gasteiger partial charge < -0.3 is 5.32 Å². The van der Waals surface area contributed by atoms with Gasteiger partial charge in [-0.05, 0) is 32.6 Å². The maximum atomic E-state index is 3.91. The molecule has 72 valence electrons. The van der Waals surface area contributed by atoms with Crippen LogP contribution in [0.15, 0.2) is 12.2 Å². The van der Waals surface area contributed by atoms with Crippen LogP contribution in [0, 0.1) is 0 Å². The SMILES string of the molecule is C=C(C)CCC(CSCC)NC. The van der Waals surface area contributed by atoms with E-state index in [1.807, 2.05) is 18.8 Å². The zero-order valence-corrected chi connectivity index (χ0v) is 9.34. The molecule has 0 fully saturated rings. The third-order valence-electron chi connectivity index (χ3n) is 1.85. The first kappa shape index (κ1) is 12.0. The molecule has 1 unspecified atom stereocenters. The van der Waals surface area contributed by atoms with Crippen LogP contribution in [0.2, 0.25) is 0 Å². The van der Waals surface area contributed by atoms with Crippen molar-refractivity contribution < 1.29 is 0 Å². The van der Waals surface area contributed by atoms with E-state index in [0.29, 0.717) is 6.04 Å². The highest BCUT2D eigenvalue weighted by molar-refractivity contribution is 7.99. The van der Waals surface area contributed by atoms with Gasteiger partial charge in [0.25, 0.3) is 0 Å². The van der Waals surface area contributed by atoms with Crippen molar-refractivity contribution in [1.82, 2.24) is 5.32 Å². The Morgan fingerprint density at radius 1 is 1.58 bits per heavy atom. The molecule has 0 aliphatic rings. The Morgan fingerprint density at radius 3 is 2.67 bits per heavy atom. The number of hydrogen-bond donors (Lipinski definition) is 1. The molecule has 1 nitrogen and oxygen atoms in total. The molecule has 0 bridgehead atoms. The monoisotopic (exact) mass is 187 g/mol. The third kappa shape index (κ3) is 6.74. The van der Waals surface area contributed by atoms with E-state index in [1.54, 1.807) is 0 Å². The minimum absolute atomic E-state index is 0.659. The van der Waals surface area contributed by atoms with Gasteiger partial charge in [0.2, 0.25) is 0 Å². The van der Waals surface area contributed by atoms with E-state index in [9.17, 15) is 0 Å². The number of rotatable bonds is 7. The Bertz CT molecular complexity index is 123. The van der Waals surface area contributed by atoms with Gasteiger partial charge in [-0.3, -0.25) is 0 Å². The van der Waals surface area contributed by atoms with Crippen LogP contribution in [0.1, 0.15) is 26.7 Å². The van der Waals surface area contributed by atoms with Gasteiger partial charge >= 0.3 is 0 Å². The topological polar surface area (TPSA) is 12.0 Å². The number of thioether (sulfide) groups is 1. The first-order valence-corrected chi connectivity index (χ1v) is 5.75. The summed E-state index contributed by atoms with van der Waals surface area (Å²) in [7, 11) is 2.04. The maximum Gasteiger partial charge on any atom is 0.0158 e. The van der Waals surface area contributed by atoms with Crippen LogP contribution in [0.3, 0.4) is 0 Å². The molecule has 0 aliphatic carbocycles. The fourth-order valence-electron chi connectivity index (χ4n) is 0.992. The molecule has 0 amide bonds. The quantitative estimate of drug-likeness (QED) is 0.615. The van der Waals surface area contributed by atoms with Crippen molar-refractivity contribution in [3.05, 3.63) is 12.2 Å². The molecule has 0 aromatic rings. The molecule has 0 saturated carbocycles. The van der Waals surface area contributed by atoms with Gasteiger partial charge in [0.1, 0.15) is 0 Å². The van der Waals surface area contributed by atoms with Crippen molar-refractivity contribution in [3.63, 3.8) is 0 Å². The maximum absolute atomic E-state index is 3.91. The summed E-state index contributed by atoms with van der Waals surface area (Å²) in [5, 5.41) is 3.33. The summed E-state index contributed by atoms with van der Waals surface area (Å²) < 4.78 is 0. The average Bonchev–Trinajstić information content (AvgIpc) is 2.05. The predicted octanol–water partition coefficient (Wildman–Crippen LogP) is 2.68. The summed E-state index contributed by atoms with van der Waals surface area (Å²) in [5.74, 6) is 2.44. The number of nitrogens with one attached hydrogen (secondary N) is 1. The second-order valence-electron chi connectivity index (χ2n) is 3.14. The standard InChI is InChI=1S/C10H21NS/c1-5-12-8-10(11-4)7-6-9(2)3/h10-11H,2,5-8H2,1,3-4H3. The largest absolute Gasteiger partial charge is 0.316 e. The molecule has 0 heterocycles. The van der Waals surface area contributed by atoms with E-state index in [2.05, 4.69) is 25.7 Å². The van der Waals surface area contributed by atoms with Crippen molar-refractivity contribution in [2.75, 3.05) is 18.6 Å². The number of hydrogen-bond acceptors (Lipinski definition) is 2. The molecule has 0 aromatic carbocycles. The molecule has 0 aliphatic heterocycles. The lowest BCUT2D eigenvalue weighted by atomic mass is 10.1. The van der Waals surface area contributed by atoms with Crippen LogP contribution in [-0.2, 0) is 0 Å². The van der Waals surface area contributed by atoms with Gasteiger partial charge in [-0.2, -0.15) is 11.8 Å². The number of allylic oxidation sites excluding steroid dienone is 1. The molecular weight excluding hydrogens is 166 g/mol. The minimum Gasteiger partial charge on any atom is -0.316 e. The first-order chi connectivity index (χ1) is 5.70. The molecule has 0 aromatic heterocycles. The molecule has 1 atom stereocenters. The van der Waals surface area contributed by atoms with Crippen LogP contribution < -0.4 is 5.32 Å². The van der Waals surface area contributed by atoms with E-state index >= 15 is 0 Å². The van der Waals surface area contributed by atoms with E-state index in [-0.39, 0.29) is 0 Å². The lowest BCUT2D eigenvalue weighted by molar-refractivity contribution is 0.572. The Morgan fingerprint density at radius 2 is 2.25 bits per heavy atom.